The van der Waals surface area contributed by atoms with E-state index in [4.69, 9.17) is 4.74 Å². The summed E-state index contributed by atoms with van der Waals surface area (Å²) in [4.78, 5) is 28.9. The Labute approximate surface area is 137 Å². The highest BCUT2D eigenvalue weighted by Gasteiger charge is 2.31. The van der Waals surface area contributed by atoms with Gasteiger partial charge in [-0.25, -0.2) is 0 Å². The molecule has 2 aliphatic rings. The van der Waals surface area contributed by atoms with Gasteiger partial charge in [-0.15, -0.1) is 0 Å². The summed E-state index contributed by atoms with van der Waals surface area (Å²) in [6.07, 6.45) is 3.76. The summed E-state index contributed by atoms with van der Waals surface area (Å²) in [5.41, 5.74) is 0.597. The van der Waals surface area contributed by atoms with E-state index in [1.165, 1.54) is 0 Å². The highest BCUT2D eigenvalue weighted by Crippen LogP contribution is 2.25. The Hall–Kier alpha value is -2.04. The van der Waals surface area contributed by atoms with Gasteiger partial charge in [0.1, 0.15) is 5.75 Å². The van der Waals surface area contributed by atoms with E-state index in [9.17, 15) is 9.59 Å². The van der Waals surface area contributed by atoms with Crippen LogP contribution in [0.4, 0.5) is 0 Å². The predicted molar refractivity (Wildman–Crippen MR) is 87.4 cm³/mol. The molecule has 0 aliphatic carbocycles. The maximum Gasteiger partial charge on any atom is 0.257 e. The number of piperidine rings is 1. The number of carbonyl (C=O) groups is 2. The minimum absolute atomic E-state index is 0.00507. The van der Waals surface area contributed by atoms with E-state index in [-0.39, 0.29) is 17.7 Å². The number of ether oxygens (including phenoxy) is 1. The molecule has 2 aliphatic heterocycles. The van der Waals surface area contributed by atoms with E-state index >= 15 is 0 Å². The third kappa shape index (κ3) is 3.33. The number of benzene rings is 1. The predicted octanol–water partition coefficient (Wildman–Crippen LogP) is 2.17. The molecule has 0 bridgehead atoms. The average Bonchev–Trinajstić information content (AvgIpc) is 3.15. The molecule has 0 unspecified atom stereocenters. The summed E-state index contributed by atoms with van der Waals surface area (Å²) in [6, 6.07) is 7.30. The number of nitrogens with zero attached hydrogens (tertiary/aromatic N) is 2. The first-order valence-electron chi connectivity index (χ1n) is 8.42. The van der Waals surface area contributed by atoms with Crippen LogP contribution in [-0.2, 0) is 4.79 Å². The van der Waals surface area contributed by atoms with Gasteiger partial charge in [0.2, 0.25) is 5.91 Å². The molecule has 0 atom stereocenters. The molecule has 0 aromatic heterocycles. The van der Waals surface area contributed by atoms with Crippen LogP contribution >= 0.6 is 0 Å². The maximum atomic E-state index is 12.7. The number of rotatable bonds is 3. The van der Waals surface area contributed by atoms with Gasteiger partial charge in [-0.05, 0) is 37.8 Å². The summed E-state index contributed by atoms with van der Waals surface area (Å²) in [5, 5.41) is 0. The normalized spacial score (nSPS) is 19.0. The van der Waals surface area contributed by atoms with Gasteiger partial charge >= 0.3 is 0 Å². The van der Waals surface area contributed by atoms with Crippen molar-refractivity contribution < 1.29 is 14.3 Å². The van der Waals surface area contributed by atoms with E-state index < -0.39 is 0 Å². The molecule has 3 rings (SSSR count). The van der Waals surface area contributed by atoms with Crippen molar-refractivity contribution in [3.8, 4) is 5.75 Å². The second-order valence-electron chi connectivity index (χ2n) is 6.30. The van der Waals surface area contributed by atoms with Crippen molar-refractivity contribution in [3.63, 3.8) is 0 Å². The molecule has 1 aromatic rings. The zero-order valence-corrected chi connectivity index (χ0v) is 13.7. The van der Waals surface area contributed by atoms with Crippen molar-refractivity contribution in [2.45, 2.75) is 25.7 Å². The lowest BCUT2D eigenvalue weighted by Crippen LogP contribution is -2.43. The fourth-order valence-corrected chi connectivity index (χ4v) is 3.52. The first-order valence-corrected chi connectivity index (χ1v) is 8.42. The summed E-state index contributed by atoms with van der Waals surface area (Å²) in [6.45, 7) is 3.08. The summed E-state index contributed by atoms with van der Waals surface area (Å²) in [7, 11) is 1.58. The molecule has 5 heteroatoms. The van der Waals surface area contributed by atoms with E-state index in [0.29, 0.717) is 24.4 Å². The molecule has 0 radical (unpaired) electrons. The van der Waals surface area contributed by atoms with Crippen LogP contribution in [0.1, 0.15) is 36.0 Å². The number of likely N-dealkylation sites (tertiary alicyclic amines) is 2. The Balaban J connectivity index is 1.60. The standard InChI is InChI=1S/C18H24N2O3/c1-23-16-7-3-2-6-15(16)18(22)20-12-8-14(9-13-20)17(21)19-10-4-5-11-19/h2-3,6-7,14H,4-5,8-13H2,1H3. The summed E-state index contributed by atoms with van der Waals surface area (Å²) in [5.74, 6) is 0.962. The molecule has 2 fully saturated rings. The molecule has 124 valence electrons. The minimum Gasteiger partial charge on any atom is -0.496 e. The van der Waals surface area contributed by atoms with Crippen LogP contribution in [0.15, 0.2) is 24.3 Å². The lowest BCUT2D eigenvalue weighted by atomic mass is 9.95. The molecule has 0 spiro atoms. The number of methoxy groups -OCH3 is 1. The fourth-order valence-electron chi connectivity index (χ4n) is 3.52. The van der Waals surface area contributed by atoms with Crippen molar-refractivity contribution in [2.75, 3.05) is 33.3 Å². The highest BCUT2D eigenvalue weighted by molar-refractivity contribution is 5.97. The van der Waals surface area contributed by atoms with Gasteiger partial charge in [0.25, 0.3) is 5.91 Å². The van der Waals surface area contributed by atoms with Crippen LogP contribution in [0.25, 0.3) is 0 Å². The van der Waals surface area contributed by atoms with Gasteiger partial charge in [0.05, 0.1) is 12.7 Å². The van der Waals surface area contributed by atoms with Gasteiger partial charge in [0, 0.05) is 32.1 Å². The number of carbonyl (C=O) groups excluding carboxylic acids is 2. The Bertz CT molecular complexity index is 573. The lowest BCUT2D eigenvalue weighted by molar-refractivity contribution is -0.135. The van der Waals surface area contributed by atoms with E-state index in [1.807, 2.05) is 21.9 Å². The molecular weight excluding hydrogens is 292 g/mol. The third-order valence-electron chi connectivity index (χ3n) is 4.89. The van der Waals surface area contributed by atoms with Gasteiger partial charge in [-0.2, -0.15) is 0 Å². The van der Waals surface area contributed by atoms with Gasteiger partial charge in [0.15, 0.2) is 0 Å². The van der Waals surface area contributed by atoms with Crippen LogP contribution in [0, 0.1) is 5.92 Å². The second kappa shape index (κ2) is 7.02. The highest BCUT2D eigenvalue weighted by atomic mass is 16.5. The molecule has 1 aromatic carbocycles. The van der Waals surface area contributed by atoms with E-state index in [1.54, 1.807) is 19.2 Å². The average molecular weight is 316 g/mol. The SMILES string of the molecule is COc1ccccc1C(=O)N1CCC(C(=O)N2CCCC2)CC1. The van der Waals surface area contributed by atoms with Gasteiger partial charge in [-0.1, -0.05) is 12.1 Å². The topological polar surface area (TPSA) is 49.9 Å². The van der Waals surface area contributed by atoms with Crippen molar-refractivity contribution in [1.29, 1.82) is 0 Å². The molecular formula is C18H24N2O3. The molecule has 0 saturated carbocycles. The molecule has 0 N–H and O–H groups in total. The zero-order chi connectivity index (χ0) is 16.2. The lowest BCUT2D eigenvalue weighted by Gasteiger charge is -2.33. The van der Waals surface area contributed by atoms with Crippen molar-refractivity contribution in [1.82, 2.24) is 9.80 Å². The number of hydrogen-bond acceptors (Lipinski definition) is 3. The van der Waals surface area contributed by atoms with Crippen LogP contribution < -0.4 is 4.74 Å². The Kier molecular flexibility index (Phi) is 4.84. The van der Waals surface area contributed by atoms with E-state index in [2.05, 4.69) is 0 Å². The Morgan fingerprint density at radius 1 is 1.00 bits per heavy atom. The van der Waals surface area contributed by atoms with Crippen LogP contribution in [-0.4, -0.2) is 54.9 Å². The van der Waals surface area contributed by atoms with Crippen molar-refractivity contribution in [2.24, 2.45) is 5.92 Å². The quantitative estimate of drug-likeness (QED) is 0.859. The minimum atomic E-state index is -0.00507. The Morgan fingerprint density at radius 2 is 1.65 bits per heavy atom. The second-order valence-corrected chi connectivity index (χ2v) is 6.30. The molecule has 23 heavy (non-hydrogen) atoms. The first-order chi connectivity index (χ1) is 11.2. The molecule has 5 nitrogen and oxygen atoms in total. The zero-order valence-electron chi connectivity index (χ0n) is 13.7. The van der Waals surface area contributed by atoms with Gasteiger partial charge in [-0.3, -0.25) is 9.59 Å². The third-order valence-corrected chi connectivity index (χ3v) is 4.89. The number of amides is 2. The van der Waals surface area contributed by atoms with Crippen molar-refractivity contribution >= 4 is 11.8 Å². The largest absolute Gasteiger partial charge is 0.496 e. The van der Waals surface area contributed by atoms with Crippen LogP contribution in [0.5, 0.6) is 5.75 Å². The maximum absolute atomic E-state index is 12.7. The Morgan fingerprint density at radius 3 is 2.30 bits per heavy atom. The molecule has 2 heterocycles. The van der Waals surface area contributed by atoms with Crippen molar-refractivity contribution in [3.05, 3.63) is 29.8 Å². The van der Waals surface area contributed by atoms with Gasteiger partial charge < -0.3 is 14.5 Å². The monoisotopic (exact) mass is 316 g/mol. The van der Waals surface area contributed by atoms with E-state index in [0.717, 1.165) is 38.8 Å². The van der Waals surface area contributed by atoms with Crippen LogP contribution in [0.3, 0.4) is 0 Å². The molecule has 2 amide bonds. The number of para-hydroxylation sites is 1. The van der Waals surface area contributed by atoms with Crippen LogP contribution in [0.2, 0.25) is 0 Å². The smallest absolute Gasteiger partial charge is 0.257 e. The summed E-state index contributed by atoms with van der Waals surface area (Å²) >= 11 is 0. The fraction of sp³-hybridized carbons (Fsp3) is 0.556. The molecule has 2 saturated heterocycles. The summed E-state index contributed by atoms with van der Waals surface area (Å²) < 4.78 is 5.28. The first kappa shape index (κ1) is 15.8. The number of hydrogen-bond donors (Lipinski definition) is 0.